The average Bonchev–Trinajstić information content (AvgIpc) is 2.68. The second kappa shape index (κ2) is 4.96. The summed E-state index contributed by atoms with van der Waals surface area (Å²) >= 11 is 5.11. The van der Waals surface area contributed by atoms with E-state index in [1.807, 2.05) is 18.7 Å². The van der Waals surface area contributed by atoms with Crippen LogP contribution in [0.4, 0.5) is 0 Å². The summed E-state index contributed by atoms with van der Waals surface area (Å²) < 4.78 is 5.42. The average molecular weight is 280 g/mol. The van der Waals surface area contributed by atoms with Crippen LogP contribution in [0.25, 0.3) is 0 Å². The molecule has 19 heavy (non-hydrogen) atoms. The van der Waals surface area contributed by atoms with Crippen LogP contribution in [0, 0.1) is 19.3 Å². The Morgan fingerprint density at radius 3 is 2.42 bits per heavy atom. The lowest BCUT2D eigenvalue weighted by molar-refractivity contribution is 0.0668. The Morgan fingerprint density at radius 2 is 2.00 bits per heavy atom. The molecule has 5 heteroatoms. The number of likely N-dealkylation sites (tertiary alicyclic amines) is 1. The zero-order chi connectivity index (χ0) is 14.2. The van der Waals surface area contributed by atoms with Crippen LogP contribution in [0.1, 0.15) is 41.6 Å². The third-order valence-electron chi connectivity index (χ3n) is 4.02. The standard InChI is InChI=1S/C14H20N2O2S/c1-9-8-11(10(2)18-9)12(17)16-6-4-14(3,5-7-16)13(15)19/h8H,4-7H2,1-3H3,(H2,15,19). The maximum absolute atomic E-state index is 12.4. The lowest BCUT2D eigenvalue weighted by Gasteiger charge is -2.38. The third-order valence-corrected chi connectivity index (χ3v) is 4.51. The highest BCUT2D eigenvalue weighted by molar-refractivity contribution is 7.80. The van der Waals surface area contributed by atoms with Crippen LogP contribution < -0.4 is 5.73 Å². The van der Waals surface area contributed by atoms with Gasteiger partial charge in [-0.1, -0.05) is 19.1 Å². The van der Waals surface area contributed by atoms with Crippen LogP contribution in [0.2, 0.25) is 0 Å². The molecule has 1 aliphatic rings. The highest BCUT2D eigenvalue weighted by Gasteiger charge is 2.35. The number of nitrogens with two attached hydrogens (primary N) is 1. The fraction of sp³-hybridized carbons (Fsp3) is 0.571. The smallest absolute Gasteiger partial charge is 0.257 e. The minimum absolute atomic E-state index is 0.0411. The minimum Gasteiger partial charge on any atom is -0.466 e. The monoisotopic (exact) mass is 280 g/mol. The van der Waals surface area contributed by atoms with Gasteiger partial charge in [0.25, 0.3) is 5.91 Å². The third kappa shape index (κ3) is 2.66. The van der Waals surface area contributed by atoms with Gasteiger partial charge in [0.1, 0.15) is 11.5 Å². The van der Waals surface area contributed by atoms with Crippen LogP contribution >= 0.6 is 12.2 Å². The summed E-state index contributed by atoms with van der Waals surface area (Å²) in [6.07, 6.45) is 1.65. The van der Waals surface area contributed by atoms with Crippen LogP contribution in [-0.4, -0.2) is 28.9 Å². The number of furan rings is 1. The van der Waals surface area contributed by atoms with Gasteiger partial charge in [-0.05, 0) is 32.8 Å². The summed E-state index contributed by atoms with van der Waals surface area (Å²) in [6.45, 7) is 7.13. The van der Waals surface area contributed by atoms with Crippen molar-refractivity contribution in [1.82, 2.24) is 4.90 Å². The zero-order valence-electron chi connectivity index (χ0n) is 11.7. The van der Waals surface area contributed by atoms with Crippen molar-refractivity contribution >= 4 is 23.1 Å². The molecule has 2 rings (SSSR count). The Labute approximate surface area is 118 Å². The fourth-order valence-electron chi connectivity index (χ4n) is 2.46. The number of nitrogens with zero attached hydrogens (tertiary/aromatic N) is 1. The maximum atomic E-state index is 12.4. The quantitative estimate of drug-likeness (QED) is 0.845. The zero-order valence-corrected chi connectivity index (χ0v) is 12.5. The predicted octanol–water partition coefficient (Wildman–Crippen LogP) is 2.42. The SMILES string of the molecule is Cc1cc(C(=O)N2CCC(C)(C(N)=S)CC2)c(C)o1. The van der Waals surface area contributed by atoms with Crippen molar-refractivity contribution in [3.05, 3.63) is 23.2 Å². The second-order valence-electron chi connectivity index (χ2n) is 5.54. The van der Waals surface area contributed by atoms with E-state index in [2.05, 4.69) is 6.92 Å². The van der Waals surface area contributed by atoms with E-state index in [0.717, 1.165) is 18.6 Å². The summed E-state index contributed by atoms with van der Waals surface area (Å²) in [5.74, 6) is 1.50. The van der Waals surface area contributed by atoms with Crippen molar-refractivity contribution in [2.45, 2.75) is 33.6 Å². The van der Waals surface area contributed by atoms with E-state index in [-0.39, 0.29) is 11.3 Å². The molecule has 0 bridgehead atoms. The summed E-state index contributed by atoms with van der Waals surface area (Å²) in [6, 6.07) is 1.80. The Kier molecular flexibility index (Phi) is 3.67. The Balaban J connectivity index is 2.08. The van der Waals surface area contributed by atoms with E-state index < -0.39 is 0 Å². The van der Waals surface area contributed by atoms with Gasteiger partial charge in [0, 0.05) is 18.5 Å². The van der Waals surface area contributed by atoms with Gasteiger partial charge in [0.15, 0.2) is 0 Å². The van der Waals surface area contributed by atoms with Crippen molar-refractivity contribution < 1.29 is 9.21 Å². The van der Waals surface area contributed by atoms with Crippen molar-refractivity contribution in [2.75, 3.05) is 13.1 Å². The Hall–Kier alpha value is -1.36. The van der Waals surface area contributed by atoms with Crippen molar-refractivity contribution in [3.8, 4) is 0 Å². The van der Waals surface area contributed by atoms with Gasteiger partial charge < -0.3 is 15.1 Å². The molecule has 4 nitrogen and oxygen atoms in total. The maximum Gasteiger partial charge on any atom is 0.257 e. The summed E-state index contributed by atoms with van der Waals surface area (Å²) in [7, 11) is 0. The summed E-state index contributed by atoms with van der Waals surface area (Å²) in [5.41, 5.74) is 6.32. The van der Waals surface area contributed by atoms with Gasteiger partial charge in [-0.15, -0.1) is 0 Å². The lowest BCUT2D eigenvalue weighted by atomic mass is 9.80. The van der Waals surface area contributed by atoms with Crippen LogP contribution in [-0.2, 0) is 0 Å². The molecule has 1 amide bonds. The molecule has 1 aliphatic heterocycles. The molecular weight excluding hydrogens is 260 g/mol. The Bertz CT molecular complexity index is 514. The van der Waals surface area contributed by atoms with E-state index in [0.29, 0.717) is 29.4 Å². The number of rotatable bonds is 2. The highest BCUT2D eigenvalue weighted by atomic mass is 32.1. The summed E-state index contributed by atoms with van der Waals surface area (Å²) in [4.78, 5) is 14.8. The molecule has 0 aromatic carbocycles. The largest absolute Gasteiger partial charge is 0.466 e. The van der Waals surface area contributed by atoms with E-state index in [4.69, 9.17) is 22.4 Å². The first-order chi connectivity index (χ1) is 8.83. The Morgan fingerprint density at radius 1 is 1.42 bits per heavy atom. The van der Waals surface area contributed by atoms with Gasteiger partial charge in [-0.25, -0.2) is 0 Å². The van der Waals surface area contributed by atoms with E-state index in [1.165, 1.54) is 0 Å². The molecule has 1 aromatic rings. The number of carbonyl (C=O) groups excluding carboxylic acids is 1. The number of amides is 1. The fourth-order valence-corrected chi connectivity index (χ4v) is 2.67. The van der Waals surface area contributed by atoms with Gasteiger partial charge in [-0.3, -0.25) is 4.79 Å². The minimum atomic E-state index is -0.118. The molecule has 2 heterocycles. The molecular formula is C14H20N2O2S. The first-order valence-corrected chi connectivity index (χ1v) is 6.90. The summed E-state index contributed by atoms with van der Waals surface area (Å²) in [5, 5.41) is 0. The normalized spacial score (nSPS) is 18.4. The van der Waals surface area contributed by atoms with Gasteiger partial charge in [0.05, 0.1) is 10.6 Å². The first-order valence-electron chi connectivity index (χ1n) is 6.50. The highest BCUT2D eigenvalue weighted by Crippen LogP contribution is 2.32. The van der Waals surface area contributed by atoms with E-state index >= 15 is 0 Å². The van der Waals surface area contributed by atoms with Gasteiger partial charge in [-0.2, -0.15) is 0 Å². The van der Waals surface area contributed by atoms with Crippen molar-refractivity contribution in [2.24, 2.45) is 11.1 Å². The molecule has 0 atom stereocenters. The van der Waals surface area contributed by atoms with Crippen LogP contribution in [0.15, 0.2) is 10.5 Å². The topological polar surface area (TPSA) is 59.5 Å². The molecule has 2 N–H and O–H groups in total. The molecule has 0 unspecified atom stereocenters. The molecule has 1 saturated heterocycles. The number of piperidine rings is 1. The van der Waals surface area contributed by atoms with E-state index in [9.17, 15) is 4.79 Å². The molecule has 0 saturated carbocycles. The van der Waals surface area contributed by atoms with Crippen molar-refractivity contribution in [1.29, 1.82) is 0 Å². The van der Waals surface area contributed by atoms with Crippen molar-refractivity contribution in [3.63, 3.8) is 0 Å². The number of carbonyl (C=O) groups is 1. The number of hydrogen-bond donors (Lipinski definition) is 1. The second-order valence-corrected chi connectivity index (χ2v) is 5.98. The molecule has 1 aromatic heterocycles. The first kappa shape index (κ1) is 14.1. The van der Waals surface area contributed by atoms with Gasteiger partial charge in [0.2, 0.25) is 0 Å². The number of thiocarbonyl (C=S) groups is 1. The molecule has 0 spiro atoms. The van der Waals surface area contributed by atoms with Crippen LogP contribution in [0.3, 0.4) is 0 Å². The number of aryl methyl sites for hydroxylation is 2. The molecule has 0 radical (unpaired) electrons. The van der Waals surface area contributed by atoms with Gasteiger partial charge >= 0.3 is 0 Å². The van der Waals surface area contributed by atoms with E-state index in [1.54, 1.807) is 6.07 Å². The molecule has 104 valence electrons. The lowest BCUT2D eigenvalue weighted by Crippen LogP contribution is -2.46. The molecule has 0 aliphatic carbocycles. The predicted molar refractivity (Wildman–Crippen MR) is 78.2 cm³/mol. The number of hydrogen-bond acceptors (Lipinski definition) is 3. The molecule has 1 fully saturated rings. The van der Waals surface area contributed by atoms with Crippen LogP contribution in [0.5, 0.6) is 0 Å².